The second-order valence-electron chi connectivity index (χ2n) is 6.18. The fourth-order valence-electron chi connectivity index (χ4n) is 2.87. The number of amides is 1. The van der Waals surface area contributed by atoms with Crippen LogP contribution in [0.15, 0.2) is 23.4 Å². The number of halogens is 3. The van der Waals surface area contributed by atoms with Crippen LogP contribution in [0.1, 0.15) is 30.7 Å². The topological polar surface area (TPSA) is 103 Å². The van der Waals surface area contributed by atoms with Gasteiger partial charge >= 0.3 is 6.18 Å². The largest absolute Gasteiger partial charge is 0.418 e. The van der Waals surface area contributed by atoms with Crippen LogP contribution in [0, 0.1) is 10.1 Å². The van der Waals surface area contributed by atoms with Gasteiger partial charge in [0.1, 0.15) is 5.82 Å². The van der Waals surface area contributed by atoms with Gasteiger partial charge in [0.2, 0.25) is 5.91 Å². The third-order valence-electron chi connectivity index (χ3n) is 4.20. The molecule has 0 aliphatic carbocycles. The number of non-ortho nitro benzene ring substituents is 1. The van der Waals surface area contributed by atoms with E-state index in [2.05, 4.69) is 15.5 Å². The minimum absolute atomic E-state index is 0.160. The first kappa shape index (κ1) is 20.1. The Morgan fingerprint density at radius 1 is 1.29 bits per heavy atom. The summed E-state index contributed by atoms with van der Waals surface area (Å²) in [7, 11) is 0. The number of thioether (sulfide) groups is 1. The molecule has 1 amide bonds. The molecule has 150 valence electrons. The van der Waals surface area contributed by atoms with Crippen LogP contribution in [0.5, 0.6) is 0 Å². The van der Waals surface area contributed by atoms with Gasteiger partial charge in [-0.15, -0.1) is 10.2 Å². The van der Waals surface area contributed by atoms with Crippen molar-refractivity contribution in [2.75, 3.05) is 11.1 Å². The average Bonchev–Trinajstić information content (AvgIpc) is 2.85. The Morgan fingerprint density at radius 3 is 2.79 bits per heavy atom. The summed E-state index contributed by atoms with van der Waals surface area (Å²) in [6.45, 7) is 0.743. The van der Waals surface area contributed by atoms with Crippen molar-refractivity contribution < 1.29 is 22.9 Å². The van der Waals surface area contributed by atoms with Crippen molar-refractivity contribution in [3.05, 3.63) is 39.7 Å². The Kier molecular flexibility index (Phi) is 5.87. The Morgan fingerprint density at radius 2 is 2.07 bits per heavy atom. The number of hydrogen-bond acceptors (Lipinski definition) is 6. The molecule has 0 fully saturated rings. The number of hydrogen-bond donors (Lipinski definition) is 1. The summed E-state index contributed by atoms with van der Waals surface area (Å²) < 4.78 is 41.5. The number of carbonyl (C=O) groups is 1. The highest BCUT2D eigenvalue weighted by atomic mass is 32.2. The van der Waals surface area contributed by atoms with Crippen LogP contribution >= 0.6 is 11.8 Å². The van der Waals surface area contributed by atoms with Gasteiger partial charge in [-0.25, -0.2) is 0 Å². The monoisotopic (exact) mass is 415 g/mol. The number of nitro groups is 1. The molecule has 2 aromatic rings. The van der Waals surface area contributed by atoms with Gasteiger partial charge < -0.3 is 9.88 Å². The third-order valence-corrected chi connectivity index (χ3v) is 5.17. The number of rotatable bonds is 5. The first-order chi connectivity index (χ1) is 13.3. The van der Waals surface area contributed by atoms with Gasteiger partial charge in [-0.2, -0.15) is 13.2 Å². The number of nitrogens with one attached hydrogen (secondary N) is 1. The van der Waals surface area contributed by atoms with Crippen LogP contribution in [-0.2, 0) is 23.9 Å². The van der Waals surface area contributed by atoms with Crippen molar-refractivity contribution in [3.8, 4) is 0 Å². The molecule has 0 unspecified atom stereocenters. The highest BCUT2D eigenvalue weighted by Gasteiger charge is 2.35. The Hall–Kier alpha value is -2.63. The van der Waals surface area contributed by atoms with Crippen LogP contribution in [0.3, 0.4) is 0 Å². The highest BCUT2D eigenvalue weighted by molar-refractivity contribution is 7.99. The fraction of sp³-hybridized carbons (Fsp3) is 0.438. The van der Waals surface area contributed by atoms with E-state index in [-0.39, 0.29) is 5.75 Å². The van der Waals surface area contributed by atoms with Crippen molar-refractivity contribution in [1.82, 2.24) is 14.8 Å². The summed E-state index contributed by atoms with van der Waals surface area (Å²) in [6, 6.07) is 2.20. The SMILES string of the molecule is O=C(CSc1nnc2n1CCCCC2)Nc1ccc([N+](=O)[O-])cc1C(F)(F)F. The van der Waals surface area contributed by atoms with E-state index in [0.29, 0.717) is 11.2 Å². The molecule has 0 spiro atoms. The standard InChI is InChI=1S/C16H16F3N5O3S/c17-16(18,19)11-8-10(24(26)27)5-6-12(11)20-14(25)9-28-15-22-21-13-4-2-1-3-7-23(13)15/h5-6,8H,1-4,7,9H2,(H,20,25). The van der Waals surface area contributed by atoms with Gasteiger partial charge in [0.15, 0.2) is 5.16 Å². The van der Waals surface area contributed by atoms with Gasteiger partial charge in [0.25, 0.3) is 5.69 Å². The molecule has 0 saturated carbocycles. The molecule has 0 atom stereocenters. The normalized spacial score (nSPS) is 14.2. The van der Waals surface area contributed by atoms with E-state index in [4.69, 9.17) is 0 Å². The molecule has 1 N–H and O–H groups in total. The van der Waals surface area contributed by atoms with E-state index in [0.717, 1.165) is 61.9 Å². The van der Waals surface area contributed by atoms with Crippen LogP contribution in [-0.4, -0.2) is 31.3 Å². The maximum atomic E-state index is 13.2. The minimum Gasteiger partial charge on any atom is -0.325 e. The second kappa shape index (κ2) is 8.17. The van der Waals surface area contributed by atoms with Gasteiger partial charge in [-0.05, 0) is 18.9 Å². The molecule has 3 rings (SSSR count). The van der Waals surface area contributed by atoms with Crippen molar-refractivity contribution in [1.29, 1.82) is 0 Å². The molecule has 0 saturated heterocycles. The van der Waals surface area contributed by atoms with Crippen molar-refractivity contribution in [3.63, 3.8) is 0 Å². The van der Waals surface area contributed by atoms with Crippen molar-refractivity contribution >= 4 is 29.0 Å². The van der Waals surface area contributed by atoms with Gasteiger partial charge in [0, 0.05) is 25.1 Å². The number of carbonyl (C=O) groups excluding carboxylic acids is 1. The first-order valence-electron chi connectivity index (χ1n) is 8.46. The van der Waals surface area contributed by atoms with E-state index in [1.165, 1.54) is 0 Å². The molecule has 1 aromatic carbocycles. The quantitative estimate of drug-likeness (QED) is 0.454. The molecule has 2 heterocycles. The zero-order chi connectivity index (χ0) is 20.3. The van der Waals surface area contributed by atoms with Crippen LogP contribution < -0.4 is 5.32 Å². The molecular formula is C16H16F3N5O3S. The van der Waals surface area contributed by atoms with Crippen LogP contribution in [0.4, 0.5) is 24.5 Å². The van der Waals surface area contributed by atoms with Crippen molar-refractivity contribution in [2.45, 2.75) is 43.6 Å². The maximum Gasteiger partial charge on any atom is 0.418 e. The van der Waals surface area contributed by atoms with Gasteiger partial charge in [-0.1, -0.05) is 18.2 Å². The number of anilines is 1. The highest BCUT2D eigenvalue weighted by Crippen LogP contribution is 2.37. The predicted molar refractivity (Wildman–Crippen MR) is 95.0 cm³/mol. The molecule has 1 aliphatic rings. The van der Waals surface area contributed by atoms with E-state index in [1.54, 1.807) is 0 Å². The van der Waals surface area contributed by atoms with Crippen molar-refractivity contribution in [2.24, 2.45) is 0 Å². The fourth-order valence-corrected chi connectivity index (χ4v) is 3.65. The Labute approximate surface area is 161 Å². The summed E-state index contributed by atoms with van der Waals surface area (Å²) in [5.74, 6) is 0.0114. The third kappa shape index (κ3) is 4.61. The first-order valence-corrected chi connectivity index (χ1v) is 9.44. The molecule has 8 nitrogen and oxygen atoms in total. The zero-order valence-corrected chi connectivity index (χ0v) is 15.3. The molecular weight excluding hydrogens is 399 g/mol. The summed E-state index contributed by atoms with van der Waals surface area (Å²) in [6.07, 6.45) is -0.968. The number of benzene rings is 1. The minimum atomic E-state index is -4.84. The lowest BCUT2D eigenvalue weighted by Crippen LogP contribution is -2.18. The molecule has 1 aromatic heterocycles. The van der Waals surface area contributed by atoms with Crippen LogP contribution in [0.25, 0.3) is 0 Å². The Bertz CT molecular complexity index is 900. The average molecular weight is 415 g/mol. The molecule has 12 heteroatoms. The van der Waals surface area contributed by atoms with Gasteiger partial charge in [-0.3, -0.25) is 14.9 Å². The number of fused-ring (bicyclic) bond motifs is 1. The number of nitrogens with zero attached hydrogens (tertiary/aromatic N) is 4. The predicted octanol–water partition coefficient (Wildman–Crippen LogP) is 3.66. The second-order valence-corrected chi connectivity index (χ2v) is 7.13. The summed E-state index contributed by atoms with van der Waals surface area (Å²) >= 11 is 1.09. The Balaban J connectivity index is 1.70. The molecule has 1 aliphatic heterocycles. The zero-order valence-electron chi connectivity index (χ0n) is 14.5. The number of aryl methyl sites for hydroxylation is 1. The summed E-state index contributed by atoms with van der Waals surface area (Å²) in [4.78, 5) is 21.9. The summed E-state index contributed by atoms with van der Waals surface area (Å²) in [5, 5.41) is 21.6. The van der Waals surface area contributed by atoms with Crippen LogP contribution in [0.2, 0.25) is 0 Å². The molecule has 0 radical (unpaired) electrons. The van der Waals surface area contributed by atoms with E-state index in [1.807, 2.05) is 4.57 Å². The van der Waals surface area contributed by atoms with Gasteiger partial charge in [0.05, 0.1) is 21.9 Å². The lowest BCUT2D eigenvalue weighted by Gasteiger charge is -2.13. The maximum absolute atomic E-state index is 13.2. The van der Waals surface area contributed by atoms with E-state index in [9.17, 15) is 28.1 Å². The lowest BCUT2D eigenvalue weighted by atomic mass is 10.1. The van der Waals surface area contributed by atoms with E-state index < -0.39 is 33.9 Å². The number of nitro benzene ring substituents is 1. The van der Waals surface area contributed by atoms with E-state index >= 15 is 0 Å². The summed E-state index contributed by atoms with van der Waals surface area (Å²) in [5.41, 5.74) is -2.49. The smallest absolute Gasteiger partial charge is 0.325 e. The molecule has 28 heavy (non-hydrogen) atoms. The number of aromatic nitrogens is 3. The lowest BCUT2D eigenvalue weighted by molar-refractivity contribution is -0.385. The number of alkyl halides is 3. The molecule has 0 bridgehead atoms.